The minimum absolute atomic E-state index is 0.0765. The van der Waals surface area contributed by atoms with Gasteiger partial charge in [0.25, 0.3) is 5.91 Å². The van der Waals surface area contributed by atoms with Gasteiger partial charge in [-0.25, -0.2) is 9.97 Å². The van der Waals surface area contributed by atoms with Crippen molar-refractivity contribution in [1.82, 2.24) is 15.3 Å². The molecule has 0 aliphatic heterocycles. The summed E-state index contributed by atoms with van der Waals surface area (Å²) in [5, 5.41) is 6.28. The highest BCUT2D eigenvalue weighted by molar-refractivity contribution is 5.93. The van der Waals surface area contributed by atoms with Gasteiger partial charge >= 0.3 is 0 Å². The Morgan fingerprint density at radius 1 is 1.12 bits per heavy atom. The lowest BCUT2D eigenvalue weighted by molar-refractivity contribution is 0.0927. The van der Waals surface area contributed by atoms with Crippen LogP contribution in [0.15, 0.2) is 36.7 Å². The number of anilines is 1. The van der Waals surface area contributed by atoms with Crippen LogP contribution in [0, 0.1) is 6.92 Å². The van der Waals surface area contributed by atoms with Gasteiger partial charge in [-0.1, -0.05) is 43.5 Å². The molecular weight excluding hydrogens is 300 g/mol. The maximum atomic E-state index is 12.2. The molecule has 1 aliphatic carbocycles. The van der Waals surface area contributed by atoms with Crippen LogP contribution in [0.4, 0.5) is 5.95 Å². The highest BCUT2D eigenvalue weighted by Crippen LogP contribution is 2.17. The Bertz CT molecular complexity index is 678. The summed E-state index contributed by atoms with van der Waals surface area (Å²) in [6, 6.07) is 8.49. The van der Waals surface area contributed by atoms with E-state index in [1.54, 1.807) is 12.4 Å². The van der Waals surface area contributed by atoms with Crippen LogP contribution in [0.3, 0.4) is 0 Å². The Morgan fingerprint density at radius 3 is 2.54 bits per heavy atom. The zero-order valence-electron chi connectivity index (χ0n) is 14.1. The molecule has 1 aromatic heterocycles. The molecule has 5 heteroatoms. The van der Waals surface area contributed by atoms with E-state index < -0.39 is 0 Å². The van der Waals surface area contributed by atoms with Gasteiger partial charge in [-0.15, -0.1) is 0 Å². The lowest BCUT2D eigenvalue weighted by Gasteiger charge is -2.22. The van der Waals surface area contributed by atoms with Gasteiger partial charge in [0.15, 0.2) is 0 Å². The van der Waals surface area contributed by atoms with Crippen molar-refractivity contribution >= 4 is 11.9 Å². The van der Waals surface area contributed by atoms with Crippen LogP contribution in [0.2, 0.25) is 0 Å². The maximum Gasteiger partial charge on any atom is 0.254 e. The molecule has 2 aromatic rings. The predicted octanol–water partition coefficient (Wildman–Crippen LogP) is 3.46. The SMILES string of the molecule is Cc1ccccc1CNc1ncc(C(=O)NC2CCCCC2)cn1. The molecule has 24 heavy (non-hydrogen) atoms. The predicted molar refractivity (Wildman–Crippen MR) is 94.9 cm³/mol. The summed E-state index contributed by atoms with van der Waals surface area (Å²) >= 11 is 0. The highest BCUT2D eigenvalue weighted by atomic mass is 16.1. The topological polar surface area (TPSA) is 66.9 Å². The van der Waals surface area contributed by atoms with Crippen molar-refractivity contribution in [2.45, 2.75) is 51.6 Å². The molecule has 0 radical (unpaired) electrons. The number of aromatic nitrogens is 2. The summed E-state index contributed by atoms with van der Waals surface area (Å²) in [7, 11) is 0. The molecule has 1 heterocycles. The van der Waals surface area contributed by atoms with Crippen LogP contribution in [-0.2, 0) is 6.54 Å². The molecule has 3 rings (SSSR count). The Kier molecular flexibility index (Phi) is 5.41. The minimum Gasteiger partial charge on any atom is -0.350 e. The van der Waals surface area contributed by atoms with Gasteiger partial charge < -0.3 is 10.6 Å². The number of amides is 1. The number of rotatable bonds is 5. The number of carbonyl (C=O) groups excluding carboxylic acids is 1. The highest BCUT2D eigenvalue weighted by Gasteiger charge is 2.17. The monoisotopic (exact) mass is 324 g/mol. The second kappa shape index (κ2) is 7.90. The molecule has 0 saturated heterocycles. The van der Waals surface area contributed by atoms with Gasteiger partial charge in [0.1, 0.15) is 0 Å². The largest absolute Gasteiger partial charge is 0.350 e. The molecule has 0 bridgehead atoms. The van der Waals surface area contributed by atoms with E-state index in [9.17, 15) is 4.79 Å². The molecular formula is C19H24N4O. The fraction of sp³-hybridized carbons (Fsp3) is 0.421. The quantitative estimate of drug-likeness (QED) is 0.884. The van der Waals surface area contributed by atoms with E-state index in [-0.39, 0.29) is 5.91 Å². The van der Waals surface area contributed by atoms with Crippen molar-refractivity contribution < 1.29 is 4.79 Å². The summed E-state index contributed by atoms with van der Waals surface area (Å²) in [5.74, 6) is 0.458. The van der Waals surface area contributed by atoms with E-state index in [0.29, 0.717) is 24.1 Å². The second-order valence-corrected chi connectivity index (χ2v) is 6.38. The first-order chi connectivity index (χ1) is 11.7. The number of carbonyl (C=O) groups is 1. The first kappa shape index (κ1) is 16.4. The van der Waals surface area contributed by atoms with E-state index in [2.05, 4.69) is 39.7 Å². The van der Waals surface area contributed by atoms with Crippen molar-refractivity contribution in [2.24, 2.45) is 0 Å². The average Bonchev–Trinajstić information content (AvgIpc) is 2.62. The molecule has 0 unspecified atom stereocenters. The van der Waals surface area contributed by atoms with E-state index in [0.717, 1.165) is 12.8 Å². The number of nitrogens with one attached hydrogen (secondary N) is 2. The fourth-order valence-corrected chi connectivity index (χ4v) is 3.03. The molecule has 2 N–H and O–H groups in total. The number of hydrogen-bond donors (Lipinski definition) is 2. The molecule has 1 fully saturated rings. The molecule has 0 atom stereocenters. The second-order valence-electron chi connectivity index (χ2n) is 6.38. The van der Waals surface area contributed by atoms with Crippen LogP contribution in [0.25, 0.3) is 0 Å². The van der Waals surface area contributed by atoms with E-state index >= 15 is 0 Å². The van der Waals surface area contributed by atoms with Gasteiger partial charge in [0.2, 0.25) is 5.95 Å². The molecule has 1 saturated carbocycles. The smallest absolute Gasteiger partial charge is 0.254 e. The lowest BCUT2D eigenvalue weighted by atomic mass is 9.95. The van der Waals surface area contributed by atoms with Crippen LogP contribution >= 0.6 is 0 Å². The zero-order valence-corrected chi connectivity index (χ0v) is 14.1. The van der Waals surface area contributed by atoms with Gasteiger partial charge in [-0.2, -0.15) is 0 Å². The zero-order chi connectivity index (χ0) is 16.8. The third kappa shape index (κ3) is 4.31. The van der Waals surface area contributed by atoms with Gasteiger partial charge in [0.05, 0.1) is 5.56 Å². The first-order valence-corrected chi connectivity index (χ1v) is 8.63. The van der Waals surface area contributed by atoms with Crippen LogP contribution in [-0.4, -0.2) is 21.9 Å². The first-order valence-electron chi connectivity index (χ1n) is 8.63. The Labute approximate surface area is 142 Å². The summed E-state index contributed by atoms with van der Waals surface area (Å²) in [5.41, 5.74) is 2.95. The Balaban J connectivity index is 1.54. The molecule has 1 amide bonds. The molecule has 5 nitrogen and oxygen atoms in total. The molecule has 1 aliphatic rings. The van der Waals surface area contributed by atoms with Crippen LogP contribution in [0.1, 0.15) is 53.6 Å². The van der Waals surface area contributed by atoms with Gasteiger partial charge in [-0.3, -0.25) is 4.79 Å². The van der Waals surface area contributed by atoms with Crippen molar-refractivity contribution in [1.29, 1.82) is 0 Å². The normalized spacial score (nSPS) is 15.0. The fourth-order valence-electron chi connectivity index (χ4n) is 3.03. The standard InChI is InChI=1S/C19H24N4O/c1-14-7-5-6-8-15(14)11-20-19-21-12-16(13-22-19)18(24)23-17-9-3-2-4-10-17/h5-8,12-13,17H,2-4,9-11H2,1H3,(H,23,24)(H,20,21,22). The van der Waals surface area contributed by atoms with Crippen molar-refractivity contribution in [3.63, 3.8) is 0 Å². The minimum atomic E-state index is -0.0765. The molecule has 1 aromatic carbocycles. The maximum absolute atomic E-state index is 12.2. The van der Waals surface area contributed by atoms with Crippen molar-refractivity contribution in [3.8, 4) is 0 Å². The Morgan fingerprint density at radius 2 is 1.83 bits per heavy atom. The third-order valence-corrected chi connectivity index (χ3v) is 4.55. The average molecular weight is 324 g/mol. The molecule has 126 valence electrons. The summed E-state index contributed by atoms with van der Waals surface area (Å²) in [4.78, 5) is 20.7. The number of nitrogens with zero attached hydrogens (tertiary/aromatic N) is 2. The van der Waals surface area contributed by atoms with E-state index in [1.165, 1.54) is 30.4 Å². The van der Waals surface area contributed by atoms with Gasteiger partial charge in [0, 0.05) is 25.0 Å². The Hall–Kier alpha value is -2.43. The summed E-state index contributed by atoms with van der Waals surface area (Å²) in [6.07, 6.45) is 8.99. The summed E-state index contributed by atoms with van der Waals surface area (Å²) < 4.78 is 0. The number of hydrogen-bond acceptors (Lipinski definition) is 4. The van der Waals surface area contributed by atoms with Gasteiger partial charge in [-0.05, 0) is 30.9 Å². The van der Waals surface area contributed by atoms with Crippen LogP contribution < -0.4 is 10.6 Å². The van der Waals surface area contributed by atoms with E-state index in [4.69, 9.17) is 0 Å². The lowest BCUT2D eigenvalue weighted by Crippen LogP contribution is -2.36. The molecule has 0 spiro atoms. The van der Waals surface area contributed by atoms with E-state index in [1.807, 2.05) is 12.1 Å². The van der Waals surface area contributed by atoms with Crippen molar-refractivity contribution in [2.75, 3.05) is 5.32 Å². The number of benzene rings is 1. The van der Waals surface area contributed by atoms with Crippen LogP contribution in [0.5, 0.6) is 0 Å². The third-order valence-electron chi connectivity index (χ3n) is 4.55. The van der Waals surface area contributed by atoms with Crippen molar-refractivity contribution in [3.05, 3.63) is 53.3 Å². The summed E-state index contributed by atoms with van der Waals surface area (Å²) in [6.45, 7) is 2.75. The number of aryl methyl sites for hydroxylation is 1.